The summed E-state index contributed by atoms with van der Waals surface area (Å²) in [5, 5.41) is 0. The fraction of sp³-hybridized carbons (Fsp3) is 0.680. The normalized spacial score (nSPS) is 44.8. The Labute approximate surface area is 182 Å². The third kappa shape index (κ3) is 3.21. The lowest BCUT2D eigenvalue weighted by atomic mass is 9.86. The fourth-order valence-electron chi connectivity index (χ4n) is 7.71. The molecule has 0 aromatic heterocycles. The van der Waals surface area contributed by atoms with Crippen LogP contribution >= 0.6 is 0 Å². The molecule has 0 saturated heterocycles. The molecular weight excluding hydrogens is 396 g/mol. The van der Waals surface area contributed by atoms with E-state index in [0.29, 0.717) is 71.4 Å². The van der Waals surface area contributed by atoms with Crippen LogP contribution in [0.5, 0.6) is 0 Å². The summed E-state index contributed by atoms with van der Waals surface area (Å²) in [6, 6.07) is 0. The number of rotatable bonds is 4. The smallest absolute Gasteiger partial charge is 0.333 e. The third-order valence-corrected chi connectivity index (χ3v) is 8.88. The van der Waals surface area contributed by atoms with Gasteiger partial charge in [-0.25, -0.2) is 9.59 Å². The Morgan fingerprint density at radius 1 is 0.839 bits per heavy atom. The molecule has 0 aromatic rings. The fourth-order valence-corrected chi connectivity index (χ4v) is 7.71. The monoisotopic (exact) mass is 426 g/mol. The van der Waals surface area contributed by atoms with Crippen LogP contribution in [-0.2, 0) is 28.7 Å². The highest BCUT2D eigenvalue weighted by Gasteiger charge is 2.61. The maximum absolute atomic E-state index is 11.7. The van der Waals surface area contributed by atoms with Crippen LogP contribution in [-0.4, -0.2) is 35.7 Å². The van der Waals surface area contributed by atoms with Gasteiger partial charge in [-0.3, -0.25) is 9.59 Å². The highest BCUT2D eigenvalue weighted by molar-refractivity contribution is 5.88. The predicted octanol–water partition coefficient (Wildman–Crippen LogP) is 3.05. The standard InChI is InChI=1S/C13H16O3.C12H14O3/c1-6(2)13(15)16-12-7-3-8-9(4-7)11(14)5-10(8)12;1-2-11(14)15-12-6-3-7-8(4-6)10(13)5-9(7)12/h7-10,12H,1,3-5H2,2H3;2,6-9,12H,1,3-5H2. The van der Waals surface area contributed by atoms with Crippen LogP contribution in [0, 0.1) is 47.3 Å². The first-order valence-corrected chi connectivity index (χ1v) is 11.5. The van der Waals surface area contributed by atoms with E-state index in [1.54, 1.807) is 6.92 Å². The molecule has 0 spiro atoms. The van der Waals surface area contributed by atoms with E-state index in [2.05, 4.69) is 13.2 Å². The van der Waals surface area contributed by atoms with Gasteiger partial charge >= 0.3 is 11.9 Å². The highest BCUT2D eigenvalue weighted by atomic mass is 16.5. The van der Waals surface area contributed by atoms with Gasteiger partial charge in [0.2, 0.25) is 0 Å². The number of carbonyl (C=O) groups excluding carboxylic acids is 4. The van der Waals surface area contributed by atoms with E-state index in [-0.39, 0.29) is 30.1 Å². The van der Waals surface area contributed by atoms with Crippen molar-refractivity contribution in [2.45, 2.75) is 57.7 Å². The van der Waals surface area contributed by atoms with Crippen molar-refractivity contribution in [1.29, 1.82) is 0 Å². The van der Waals surface area contributed by atoms with E-state index in [1.807, 2.05) is 0 Å². The molecule has 10 atom stereocenters. The number of ether oxygens (including phenoxy) is 2. The maximum atomic E-state index is 11.7. The van der Waals surface area contributed by atoms with Crippen molar-refractivity contribution in [1.82, 2.24) is 0 Å². The molecule has 166 valence electrons. The minimum absolute atomic E-state index is 0.0109. The third-order valence-electron chi connectivity index (χ3n) is 8.88. The van der Waals surface area contributed by atoms with Gasteiger partial charge in [-0.1, -0.05) is 13.2 Å². The molecule has 6 rings (SSSR count). The number of hydrogen-bond acceptors (Lipinski definition) is 6. The van der Waals surface area contributed by atoms with Gasteiger partial charge in [-0.15, -0.1) is 0 Å². The highest BCUT2D eigenvalue weighted by Crippen LogP contribution is 2.60. The van der Waals surface area contributed by atoms with Crippen molar-refractivity contribution in [2.24, 2.45) is 47.3 Å². The quantitative estimate of drug-likeness (QED) is 0.507. The summed E-state index contributed by atoms with van der Waals surface area (Å²) in [4.78, 5) is 46.0. The van der Waals surface area contributed by atoms with Crippen molar-refractivity contribution >= 4 is 23.5 Å². The molecule has 0 amide bonds. The van der Waals surface area contributed by atoms with Gasteiger partial charge in [-0.2, -0.15) is 0 Å². The van der Waals surface area contributed by atoms with Crippen LogP contribution in [0.2, 0.25) is 0 Å². The zero-order valence-electron chi connectivity index (χ0n) is 18.0. The van der Waals surface area contributed by atoms with Gasteiger partial charge < -0.3 is 9.47 Å². The Hall–Kier alpha value is -2.24. The number of fused-ring (bicyclic) bond motifs is 2. The van der Waals surface area contributed by atoms with Gasteiger partial charge in [0.25, 0.3) is 0 Å². The van der Waals surface area contributed by atoms with Crippen LogP contribution in [0.25, 0.3) is 0 Å². The van der Waals surface area contributed by atoms with Gasteiger partial charge in [0.15, 0.2) is 0 Å². The zero-order valence-corrected chi connectivity index (χ0v) is 18.0. The lowest BCUT2D eigenvalue weighted by Gasteiger charge is -2.27. The minimum atomic E-state index is -0.344. The zero-order chi connectivity index (χ0) is 22.0. The largest absolute Gasteiger partial charge is 0.459 e. The predicted molar refractivity (Wildman–Crippen MR) is 110 cm³/mol. The molecule has 0 N–H and O–H groups in total. The second-order valence-corrected chi connectivity index (χ2v) is 10.4. The van der Waals surface area contributed by atoms with Crippen LogP contribution in [0.4, 0.5) is 0 Å². The Balaban J connectivity index is 0.000000132. The molecule has 6 fully saturated rings. The van der Waals surface area contributed by atoms with Crippen molar-refractivity contribution < 1.29 is 28.7 Å². The van der Waals surface area contributed by atoms with Gasteiger partial charge in [-0.05, 0) is 56.3 Å². The molecule has 0 aromatic carbocycles. The van der Waals surface area contributed by atoms with Crippen LogP contribution in [0.1, 0.15) is 45.4 Å². The summed E-state index contributed by atoms with van der Waals surface area (Å²) in [6.45, 7) is 8.66. The van der Waals surface area contributed by atoms with E-state index in [9.17, 15) is 19.2 Å². The van der Waals surface area contributed by atoms with Gasteiger partial charge in [0.05, 0.1) is 0 Å². The molecule has 0 aliphatic heterocycles. The van der Waals surface area contributed by atoms with Crippen molar-refractivity contribution in [3.8, 4) is 0 Å². The molecule has 31 heavy (non-hydrogen) atoms. The molecule has 0 radical (unpaired) electrons. The number of ketones is 2. The Kier molecular flexibility index (Phi) is 4.94. The molecule has 0 heterocycles. The molecular formula is C25H30O6. The molecule has 6 saturated carbocycles. The van der Waals surface area contributed by atoms with Crippen molar-refractivity contribution in [3.05, 3.63) is 24.8 Å². The summed E-state index contributed by atoms with van der Waals surface area (Å²) < 4.78 is 10.9. The second kappa shape index (κ2) is 7.42. The van der Waals surface area contributed by atoms with Crippen molar-refractivity contribution in [2.75, 3.05) is 0 Å². The van der Waals surface area contributed by atoms with E-state index in [1.165, 1.54) is 6.08 Å². The SMILES string of the molecule is C=C(C)C(=O)OC1C2CC3C(=O)CC1C3C2.C=CC(=O)OC1C2CC3C(=O)CC1C3C2. The van der Waals surface area contributed by atoms with Crippen LogP contribution in [0.15, 0.2) is 24.8 Å². The lowest BCUT2D eigenvalue weighted by molar-refractivity contribution is -0.149. The topological polar surface area (TPSA) is 86.7 Å². The molecule has 4 bridgehead atoms. The average molecular weight is 427 g/mol. The van der Waals surface area contributed by atoms with E-state index in [0.717, 1.165) is 25.7 Å². The Bertz CT molecular complexity index is 873. The minimum Gasteiger partial charge on any atom is -0.459 e. The molecule has 6 nitrogen and oxygen atoms in total. The maximum Gasteiger partial charge on any atom is 0.333 e. The Morgan fingerprint density at radius 3 is 1.77 bits per heavy atom. The number of carbonyl (C=O) groups is 4. The van der Waals surface area contributed by atoms with E-state index in [4.69, 9.17) is 9.47 Å². The summed E-state index contributed by atoms with van der Waals surface area (Å²) >= 11 is 0. The summed E-state index contributed by atoms with van der Waals surface area (Å²) in [7, 11) is 0. The molecule has 6 aliphatic carbocycles. The first-order chi connectivity index (χ1) is 14.8. The molecule has 6 heteroatoms. The van der Waals surface area contributed by atoms with Crippen LogP contribution in [0.3, 0.4) is 0 Å². The summed E-state index contributed by atoms with van der Waals surface area (Å²) in [6.07, 6.45) is 6.47. The first kappa shape index (κ1) is 20.7. The average Bonchev–Trinajstić information content (AvgIpc) is 3.52. The molecule has 10 unspecified atom stereocenters. The van der Waals surface area contributed by atoms with Crippen LogP contribution < -0.4 is 0 Å². The first-order valence-electron chi connectivity index (χ1n) is 11.5. The van der Waals surface area contributed by atoms with E-state index >= 15 is 0 Å². The number of Topliss-reactive ketones (excluding diaryl/α,β-unsaturated/α-hetero) is 2. The van der Waals surface area contributed by atoms with Gasteiger partial charge in [0, 0.05) is 48.2 Å². The second-order valence-electron chi connectivity index (χ2n) is 10.4. The van der Waals surface area contributed by atoms with Gasteiger partial charge in [0.1, 0.15) is 23.8 Å². The Morgan fingerprint density at radius 2 is 1.32 bits per heavy atom. The summed E-state index contributed by atoms with van der Waals surface area (Å²) in [5.74, 6) is 3.20. The lowest BCUT2D eigenvalue weighted by Crippen LogP contribution is -2.31. The molecule has 6 aliphatic rings. The van der Waals surface area contributed by atoms with Crippen molar-refractivity contribution in [3.63, 3.8) is 0 Å². The summed E-state index contributed by atoms with van der Waals surface area (Å²) in [5.41, 5.74) is 0.448. The number of hydrogen-bond donors (Lipinski definition) is 0. The number of esters is 2. The van der Waals surface area contributed by atoms with E-state index < -0.39 is 0 Å².